The molecule has 3 rings (SSSR count). The first-order valence-electron chi connectivity index (χ1n) is 13.6. The zero-order valence-corrected chi connectivity index (χ0v) is 25.9. The van der Waals surface area contributed by atoms with Gasteiger partial charge in [-0.25, -0.2) is 8.42 Å². The minimum absolute atomic E-state index is 0.0425. The molecule has 3 aromatic rings. The minimum atomic E-state index is -4.85. The number of amides is 2. The second kappa shape index (κ2) is 14.3. The lowest BCUT2D eigenvalue weighted by Crippen LogP contribution is -2.53. The summed E-state index contributed by atoms with van der Waals surface area (Å²) in [5.41, 5.74) is 0.750. The summed E-state index contributed by atoms with van der Waals surface area (Å²) in [4.78, 5) is 29.0. The highest BCUT2D eigenvalue weighted by Gasteiger charge is 2.36. The molecule has 0 unspecified atom stereocenters. The van der Waals surface area contributed by atoms with Crippen molar-refractivity contribution in [2.75, 3.05) is 23.7 Å². The zero-order valence-electron chi connectivity index (χ0n) is 24.4. The molecule has 2 amide bonds. The molecule has 0 aliphatic rings. The molecule has 0 bridgehead atoms. The third-order valence-corrected chi connectivity index (χ3v) is 8.08. The molecule has 0 heterocycles. The van der Waals surface area contributed by atoms with Gasteiger partial charge in [-0.3, -0.25) is 13.9 Å². The zero-order chi connectivity index (χ0) is 31.9. The van der Waals surface area contributed by atoms with E-state index in [1.165, 1.54) is 4.90 Å². The predicted octanol–water partition coefficient (Wildman–Crippen LogP) is 5.85. The maximum atomic E-state index is 14.1. The van der Waals surface area contributed by atoms with E-state index >= 15 is 0 Å². The number of hydrogen-bond acceptors (Lipinski definition) is 4. The van der Waals surface area contributed by atoms with Crippen molar-refractivity contribution in [3.63, 3.8) is 0 Å². The van der Waals surface area contributed by atoms with Crippen LogP contribution >= 0.6 is 11.6 Å². The Morgan fingerprint density at radius 1 is 0.953 bits per heavy atom. The largest absolute Gasteiger partial charge is 0.417 e. The maximum absolute atomic E-state index is 14.1. The Morgan fingerprint density at radius 2 is 1.60 bits per heavy atom. The van der Waals surface area contributed by atoms with Crippen molar-refractivity contribution in [2.24, 2.45) is 5.92 Å². The van der Waals surface area contributed by atoms with E-state index in [2.05, 4.69) is 5.32 Å². The van der Waals surface area contributed by atoms with Crippen LogP contribution in [0.1, 0.15) is 36.1 Å². The number of halogens is 4. The van der Waals surface area contributed by atoms with Gasteiger partial charge in [0.15, 0.2) is 0 Å². The van der Waals surface area contributed by atoms with Crippen LogP contribution in [0.15, 0.2) is 72.8 Å². The van der Waals surface area contributed by atoms with Crippen LogP contribution in [0.4, 0.5) is 18.9 Å². The van der Waals surface area contributed by atoms with Crippen LogP contribution in [-0.4, -0.2) is 50.5 Å². The molecule has 1 N–H and O–H groups in total. The molecule has 0 saturated carbocycles. The van der Waals surface area contributed by atoms with E-state index in [1.807, 2.05) is 51.1 Å². The van der Waals surface area contributed by atoms with Crippen LogP contribution < -0.4 is 9.62 Å². The van der Waals surface area contributed by atoms with Gasteiger partial charge in [-0.2, -0.15) is 13.2 Å². The third-order valence-electron chi connectivity index (χ3n) is 6.61. The first-order valence-corrected chi connectivity index (χ1v) is 15.8. The Labute approximate surface area is 255 Å². The molecular weight excluding hydrogens is 603 g/mol. The molecule has 0 aliphatic carbocycles. The molecule has 7 nitrogen and oxygen atoms in total. The SMILES string of the molecule is Cc1cccc(CN(C(=O)CN(c2ccc(Cl)c(C(F)(F)F)c2)S(C)(=O)=O)[C@H](Cc2ccccc2)C(=O)NCC(C)C)c1. The lowest BCUT2D eigenvalue weighted by Gasteiger charge is -2.34. The van der Waals surface area contributed by atoms with Crippen molar-refractivity contribution < 1.29 is 31.2 Å². The highest BCUT2D eigenvalue weighted by atomic mass is 35.5. The number of carbonyl (C=O) groups excluding carboxylic acids is 2. The van der Waals surface area contributed by atoms with Gasteiger partial charge in [0, 0.05) is 19.5 Å². The summed E-state index contributed by atoms with van der Waals surface area (Å²) in [7, 11) is -4.25. The number of aryl methyl sites for hydroxylation is 1. The van der Waals surface area contributed by atoms with Crippen molar-refractivity contribution in [3.05, 3.63) is 100 Å². The van der Waals surface area contributed by atoms with E-state index in [0.717, 1.165) is 29.5 Å². The van der Waals surface area contributed by atoms with Gasteiger partial charge in [-0.1, -0.05) is 85.6 Å². The van der Waals surface area contributed by atoms with E-state index in [-0.39, 0.29) is 24.6 Å². The number of benzene rings is 3. The Hall–Kier alpha value is -3.57. The summed E-state index contributed by atoms with van der Waals surface area (Å²) >= 11 is 5.76. The van der Waals surface area contributed by atoms with Crippen LogP contribution in [0.2, 0.25) is 5.02 Å². The number of sulfonamides is 1. The molecule has 232 valence electrons. The summed E-state index contributed by atoms with van der Waals surface area (Å²) < 4.78 is 67.2. The molecule has 12 heteroatoms. The van der Waals surface area contributed by atoms with Gasteiger partial charge in [-0.15, -0.1) is 0 Å². The summed E-state index contributed by atoms with van der Waals surface area (Å²) in [6.45, 7) is 5.18. The molecule has 0 spiro atoms. The Balaban J connectivity index is 2.09. The van der Waals surface area contributed by atoms with Gasteiger partial charge in [0.2, 0.25) is 21.8 Å². The van der Waals surface area contributed by atoms with Crippen LogP contribution in [0.3, 0.4) is 0 Å². The van der Waals surface area contributed by atoms with Crippen molar-refractivity contribution in [1.29, 1.82) is 0 Å². The number of hydrogen-bond donors (Lipinski definition) is 1. The molecule has 43 heavy (non-hydrogen) atoms. The monoisotopic (exact) mass is 637 g/mol. The molecule has 0 fully saturated rings. The summed E-state index contributed by atoms with van der Waals surface area (Å²) in [6.07, 6.45) is -3.93. The van der Waals surface area contributed by atoms with Crippen LogP contribution in [0.5, 0.6) is 0 Å². The minimum Gasteiger partial charge on any atom is -0.354 e. The number of carbonyl (C=O) groups is 2. The Bertz CT molecular complexity index is 1530. The Kier molecular flexibility index (Phi) is 11.3. The summed E-state index contributed by atoms with van der Waals surface area (Å²) in [5, 5.41) is 2.27. The van der Waals surface area contributed by atoms with Crippen LogP contribution in [-0.2, 0) is 38.8 Å². The number of anilines is 1. The molecular formula is C31H35ClF3N3O4S. The standard InChI is InChI=1S/C31H35ClF3N3O4S/c1-21(2)18-36-30(40)28(16-23-10-6-5-7-11-23)37(19-24-12-8-9-22(3)15-24)29(39)20-38(43(4,41)42)25-13-14-27(32)26(17-25)31(33,34)35/h5-15,17,21,28H,16,18-20H2,1-4H3,(H,36,40)/t28-/m1/s1. The summed E-state index contributed by atoms with van der Waals surface area (Å²) in [5.74, 6) is -1.08. The second-order valence-corrected chi connectivity index (χ2v) is 13.1. The fourth-order valence-corrected chi connectivity index (χ4v) is 5.55. The molecule has 3 aromatic carbocycles. The van der Waals surface area contributed by atoms with E-state index < -0.39 is 51.2 Å². The predicted molar refractivity (Wildman–Crippen MR) is 162 cm³/mol. The van der Waals surface area contributed by atoms with Gasteiger partial charge in [0.1, 0.15) is 12.6 Å². The number of nitrogens with zero attached hydrogens (tertiary/aromatic N) is 2. The molecule has 0 aliphatic heterocycles. The normalized spacial score (nSPS) is 12.6. The van der Waals surface area contributed by atoms with Gasteiger partial charge >= 0.3 is 6.18 Å². The average Bonchev–Trinajstić information content (AvgIpc) is 2.92. The van der Waals surface area contributed by atoms with E-state index in [1.54, 1.807) is 24.3 Å². The quantitative estimate of drug-likeness (QED) is 0.270. The third kappa shape index (κ3) is 9.72. The first-order chi connectivity index (χ1) is 20.1. The van der Waals surface area contributed by atoms with Crippen molar-refractivity contribution in [3.8, 4) is 0 Å². The average molecular weight is 638 g/mol. The Morgan fingerprint density at radius 3 is 2.19 bits per heavy atom. The number of rotatable bonds is 12. The lowest BCUT2D eigenvalue weighted by atomic mass is 10.0. The lowest BCUT2D eigenvalue weighted by molar-refractivity contribution is -0.140. The van der Waals surface area contributed by atoms with Gasteiger partial charge in [0.25, 0.3) is 0 Å². The number of nitrogens with one attached hydrogen (secondary N) is 1. The topological polar surface area (TPSA) is 86.8 Å². The van der Waals surface area contributed by atoms with Crippen LogP contribution in [0, 0.1) is 12.8 Å². The van der Waals surface area contributed by atoms with E-state index in [9.17, 15) is 31.2 Å². The van der Waals surface area contributed by atoms with Gasteiger partial charge in [0.05, 0.1) is 22.5 Å². The number of alkyl halides is 3. The second-order valence-electron chi connectivity index (χ2n) is 10.8. The maximum Gasteiger partial charge on any atom is 0.417 e. The summed E-state index contributed by atoms with van der Waals surface area (Å²) in [6, 6.07) is 17.9. The van der Waals surface area contributed by atoms with E-state index in [4.69, 9.17) is 11.6 Å². The fourth-order valence-electron chi connectivity index (χ4n) is 4.48. The fraction of sp³-hybridized carbons (Fsp3) is 0.355. The first kappa shape index (κ1) is 33.9. The highest BCUT2D eigenvalue weighted by molar-refractivity contribution is 7.92. The van der Waals surface area contributed by atoms with Crippen molar-refractivity contribution >= 4 is 39.1 Å². The molecule has 0 radical (unpaired) electrons. The molecule has 0 aromatic heterocycles. The highest BCUT2D eigenvalue weighted by Crippen LogP contribution is 2.37. The smallest absolute Gasteiger partial charge is 0.354 e. The molecule has 0 saturated heterocycles. The van der Waals surface area contributed by atoms with Crippen LogP contribution in [0.25, 0.3) is 0 Å². The van der Waals surface area contributed by atoms with E-state index in [0.29, 0.717) is 22.5 Å². The van der Waals surface area contributed by atoms with Gasteiger partial charge < -0.3 is 10.2 Å². The van der Waals surface area contributed by atoms with Gasteiger partial charge in [-0.05, 0) is 42.2 Å². The van der Waals surface area contributed by atoms with Crippen molar-refractivity contribution in [1.82, 2.24) is 10.2 Å². The van der Waals surface area contributed by atoms with Crippen molar-refractivity contribution in [2.45, 2.75) is 46.0 Å². The molecule has 1 atom stereocenters.